The molecule has 0 fully saturated rings. The van der Waals surface area contributed by atoms with Gasteiger partial charge < -0.3 is 9.88 Å². The Labute approximate surface area is 135 Å². The smallest absolute Gasteiger partial charge is 0.230 e. The molecule has 0 spiro atoms. The first kappa shape index (κ1) is 16.5. The lowest BCUT2D eigenvalue weighted by Gasteiger charge is -2.09. The van der Waals surface area contributed by atoms with Gasteiger partial charge in [-0.3, -0.25) is 4.79 Å². The fraction of sp³-hybridized carbons (Fsp3) is 0.438. The Hall–Kier alpha value is -1.82. The molecular formula is C16H22N4OS. The second kappa shape index (κ2) is 7.98. The molecule has 0 unspecified atom stereocenters. The highest BCUT2D eigenvalue weighted by Crippen LogP contribution is 2.18. The van der Waals surface area contributed by atoms with E-state index in [0.29, 0.717) is 18.2 Å². The van der Waals surface area contributed by atoms with E-state index in [4.69, 9.17) is 0 Å². The maximum Gasteiger partial charge on any atom is 0.230 e. The van der Waals surface area contributed by atoms with Crippen LogP contribution in [0.15, 0.2) is 35.5 Å². The summed E-state index contributed by atoms with van der Waals surface area (Å²) in [6.45, 7) is 7.50. The third-order valence-electron chi connectivity index (χ3n) is 3.13. The maximum absolute atomic E-state index is 11.8. The van der Waals surface area contributed by atoms with E-state index in [2.05, 4.69) is 41.5 Å². The molecule has 1 amide bonds. The summed E-state index contributed by atoms with van der Waals surface area (Å²) < 4.78 is 2.04. The van der Waals surface area contributed by atoms with Gasteiger partial charge in [0.25, 0.3) is 0 Å². The van der Waals surface area contributed by atoms with Crippen molar-refractivity contribution in [3.63, 3.8) is 0 Å². The van der Waals surface area contributed by atoms with Crippen LogP contribution >= 0.6 is 11.8 Å². The predicted octanol–water partition coefficient (Wildman–Crippen LogP) is 2.50. The molecule has 118 valence electrons. The molecule has 0 atom stereocenters. The Morgan fingerprint density at radius 2 is 2.00 bits per heavy atom. The summed E-state index contributed by atoms with van der Waals surface area (Å²) in [5.74, 6) is 1.71. The van der Waals surface area contributed by atoms with Crippen molar-refractivity contribution in [2.45, 2.75) is 32.5 Å². The minimum Gasteiger partial charge on any atom is -0.355 e. The number of carbonyl (C=O) groups excluding carboxylic acids is 1. The summed E-state index contributed by atoms with van der Waals surface area (Å²) in [6.07, 6.45) is 0. The number of carbonyl (C=O) groups is 1. The number of nitrogens with one attached hydrogen (secondary N) is 1. The van der Waals surface area contributed by atoms with Crippen LogP contribution in [0.3, 0.4) is 0 Å². The minimum absolute atomic E-state index is 0.0330. The number of nitrogens with zero attached hydrogens (tertiary/aromatic N) is 3. The normalized spacial score (nSPS) is 10.9. The monoisotopic (exact) mass is 318 g/mol. The minimum atomic E-state index is 0.0330. The Bertz CT molecular complexity index is 610. The van der Waals surface area contributed by atoms with Gasteiger partial charge in [-0.25, -0.2) is 0 Å². The van der Waals surface area contributed by atoms with E-state index in [1.807, 2.05) is 29.7 Å². The fourth-order valence-electron chi connectivity index (χ4n) is 1.92. The van der Waals surface area contributed by atoms with Crippen molar-refractivity contribution in [2.24, 2.45) is 5.92 Å². The fourth-order valence-corrected chi connectivity index (χ4v) is 2.73. The van der Waals surface area contributed by atoms with E-state index >= 15 is 0 Å². The lowest BCUT2D eigenvalue weighted by atomic mass is 10.2. The van der Waals surface area contributed by atoms with Crippen molar-refractivity contribution >= 4 is 17.7 Å². The Kier molecular flexibility index (Phi) is 6.00. The zero-order valence-electron chi connectivity index (χ0n) is 13.2. The number of benzene rings is 1. The van der Waals surface area contributed by atoms with E-state index in [9.17, 15) is 4.79 Å². The van der Waals surface area contributed by atoms with Crippen LogP contribution in [-0.2, 0) is 11.3 Å². The quantitative estimate of drug-likeness (QED) is 0.797. The number of rotatable bonds is 7. The molecule has 1 N–H and O–H groups in total. The molecule has 1 heterocycles. The highest BCUT2D eigenvalue weighted by molar-refractivity contribution is 7.99. The second-order valence-corrected chi connectivity index (χ2v) is 6.53. The van der Waals surface area contributed by atoms with Crippen LogP contribution in [0.5, 0.6) is 0 Å². The maximum atomic E-state index is 11.8. The Balaban J connectivity index is 1.96. The average Bonchev–Trinajstić information content (AvgIpc) is 2.85. The summed E-state index contributed by atoms with van der Waals surface area (Å²) in [5, 5.41) is 12.0. The predicted molar refractivity (Wildman–Crippen MR) is 88.9 cm³/mol. The zero-order chi connectivity index (χ0) is 15.9. The SMILES string of the molecule is Cc1nnc(SCC(=O)NCC(C)C)n1Cc1ccccc1. The number of aryl methyl sites for hydroxylation is 1. The van der Waals surface area contributed by atoms with Crippen molar-refractivity contribution < 1.29 is 4.79 Å². The number of thioether (sulfide) groups is 1. The largest absolute Gasteiger partial charge is 0.355 e. The summed E-state index contributed by atoms with van der Waals surface area (Å²) in [5.41, 5.74) is 1.19. The van der Waals surface area contributed by atoms with Crippen molar-refractivity contribution in [3.8, 4) is 0 Å². The van der Waals surface area contributed by atoms with E-state index in [1.54, 1.807) is 0 Å². The number of aromatic nitrogens is 3. The summed E-state index contributed by atoms with van der Waals surface area (Å²) in [4.78, 5) is 11.8. The van der Waals surface area contributed by atoms with Crippen LogP contribution in [-0.4, -0.2) is 33.0 Å². The van der Waals surface area contributed by atoms with Gasteiger partial charge in [0, 0.05) is 6.54 Å². The molecule has 1 aromatic heterocycles. The molecular weight excluding hydrogens is 296 g/mol. The molecule has 2 aromatic rings. The number of hydrogen-bond acceptors (Lipinski definition) is 4. The van der Waals surface area contributed by atoms with Crippen LogP contribution in [0.25, 0.3) is 0 Å². The van der Waals surface area contributed by atoms with Crippen molar-refractivity contribution in [3.05, 3.63) is 41.7 Å². The van der Waals surface area contributed by atoms with Gasteiger partial charge in [-0.05, 0) is 18.4 Å². The van der Waals surface area contributed by atoms with Gasteiger partial charge in [-0.15, -0.1) is 10.2 Å². The van der Waals surface area contributed by atoms with Gasteiger partial charge in [0.2, 0.25) is 5.91 Å². The van der Waals surface area contributed by atoms with Crippen LogP contribution in [0, 0.1) is 12.8 Å². The van der Waals surface area contributed by atoms with E-state index in [-0.39, 0.29) is 5.91 Å². The van der Waals surface area contributed by atoms with Gasteiger partial charge in [-0.1, -0.05) is 55.9 Å². The van der Waals surface area contributed by atoms with Crippen molar-refractivity contribution in [1.29, 1.82) is 0 Å². The molecule has 5 nitrogen and oxygen atoms in total. The molecule has 0 radical (unpaired) electrons. The van der Waals surface area contributed by atoms with Gasteiger partial charge in [0.1, 0.15) is 5.82 Å². The molecule has 0 saturated heterocycles. The summed E-state index contributed by atoms with van der Waals surface area (Å²) >= 11 is 1.42. The standard InChI is InChI=1S/C16H22N4OS/c1-12(2)9-17-15(21)11-22-16-19-18-13(3)20(16)10-14-7-5-4-6-8-14/h4-8,12H,9-11H2,1-3H3,(H,17,21). The first-order valence-electron chi connectivity index (χ1n) is 7.39. The average molecular weight is 318 g/mol. The second-order valence-electron chi connectivity index (χ2n) is 5.59. The molecule has 0 saturated carbocycles. The molecule has 2 rings (SSSR count). The first-order chi connectivity index (χ1) is 10.6. The summed E-state index contributed by atoms with van der Waals surface area (Å²) in [6, 6.07) is 10.2. The Morgan fingerprint density at radius 3 is 2.68 bits per heavy atom. The van der Waals surface area contributed by atoms with Gasteiger partial charge >= 0.3 is 0 Å². The molecule has 0 bridgehead atoms. The topological polar surface area (TPSA) is 59.8 Å². The third kappa shape index (κ3) is 4.87. The number of hydrogen-bond donors (Lipinski definition) is 1. The highest BCUT2D eigenvalue weighted by atomic mass is 32.2. The molecule has 22 heavy (non-hydrogen) atoms. The highest BCUT2D eigenvalue weighted by Gasteiger charge is 2.12. The molecule has 0 aliphatic carbocycles. The number of amides is 1. The lowest BCUT2D eigenvalue weighted by Crippen LogP contribution is -2.28. The zero-order valence-corrected chi connectivity index (χ0v) is 14.1. The Morgan fingerprint density at radius 1 is 1.27 bits per heavy atom. The van der Waals surface area contributed by atoms with Crippen molar-refractivity contribution in [2.75, 3.05) is 12.3 Å². The summed E-state index contributed by atoms with van der Waals surface area (Å²) in [7, 11) is 0. The van der Waals surface area contributed by atoms with E-state index in [0.717, 1.165) is 17.5 Å². The van der Waals surface area contributed by atoms with Crippen LogP contribution in [0.2, 0.25) is 0 Å². The third-order valence-corrected chi connectivity index (χ3v) is 4.09. The van der Waals surface area contributed by atoms with E-state index in [1.165, 1.54) is 17.3 Å². The lowest BCUT2D eigenvalue weighted by molar-refractivity contribution is -0.118. The first-order valence-corrected chi connectivity index (χ1v) is 8.38. The van der Waals surface area contributed by atoms with Crippen LogP contribution in [0.4, 0.5) is 0 Å². The van der Waals surface area contributed by atoms with Gasteiger partial charge in [0.15, 0.2) is 5.16 Å². The molecule has 6 heteroatoms. The van der Waals surface area contributed by atoms with Crippen LogP contribution < -0.4 is 5.32 Å². The van der Waals surface area contributed by atoms with Crippen molar-refractivity contribution in [1.82, 2.24) is 20.1 Å². The molecule has 0 aliphatic rings. The van der Waals surface area contributed by atoms with Gasteiger partial charge in [0.05, 0.1) is 12.3 Å². The van der Waals surface area contributed by atoms with E-state index < -0.39 is 0 Å². The van der Waals surface area contributed by atoms with Gasteiger partial charge in [-0.2, -0.15) is 0 Å². The molecule has 1 aromatic carbocycles. The van der Waals surface area contributed by atoms with Crippen LogP contribution in [0.1, 0.15) is 25.2 Å². The molecule has 0 aliphatic heterocycles.